The lowest BCUT2D eigenvalue weighted by atomic mass is 10.1. The number of hydrogen-bond donors (Lipinski definition) is 6. The number of nitrogens with one attached hydrogen (secondary N) is 6. The smallest absolute Gasteiger partial charge is 0.255 e. The Morgan fingerprint density at radius 3 is 1.26 bits per heavy atom. The maximum atomic E-state index is 12.2. The van der Waals surface area contributed by atoms with Gasteiger partial charge in [-0.1, -0.05) is 35.3 Å². The molecule has 0 saturated heterocycles. The molecule has 6 heterocycles. The molecule has 0 atom stereocenters. The van der Waals surface area contributed by atoms with Crippen LogP contribution in [0.5, 0.6) is 0 Å². The van der Waals surface area contributed by atoms with Crippen LogP contribution in [0.3, 0.4) is 0 Å². The first kappa shape index (κ1) is 39.9. The Morgan fingerprint density at radius 2 is 0.925 bits per heavy atom. The van der Waals surface area contributed by atoms with E-state index in [2.05, 4.69) is 61.1 Å². The Labute approximate surface area is 315 Å². The second-order valence-electron chi connectivity index (χ2n) is 11.6. The summed E-state index contributed by atoms with van der Waals surface area (Å²) in [6.07, 6.45) is 10.9. The number of H-pyrrole nitrogens is 2. The van der Waals surface area contributed by atoms with E-state index in [1.165, 1.54) is 0 Å². The van der Waals surface area contributed by atoms with Gasteiger partial charge in [-0.25, -0.2) is 19.9 Å². The average Bonchev–Trinajstić information content (AvgIpc) is 3.14. The molecule has 0 unspecified atom stereocenters. The van der Waals surface area contributed by atoms with Crippen molar-refractivity contribution in [2.45, 2.75) is 26.7 Å². The fourth-order valence-corrected chi connectivity index (χ4v) is 4.85. The highest BCUT2D eigenvalue weighted by molar-refractivity contribution is 6.30. The van der Waals surface area contributed by atoms with Gasteiger partial charge in [0.05, 0.1) is 10.0 Å². The van der Waals surface area contributed by atoms with Gasteiger partial charge in [0.25, 0.3) is 11.1 Å². The van der Waals surface area contributed by atoms with E-state index in [-0.39, 0.29) is 16.6 Å². The zero-order valence-electron chi connectivity index (χ0n) is 29.1. The molecule has 0 amide bonds. The zero-order valence-corrected chi connectivity index (χ0v) is 30.6. The molecule has 276 valence electrons. The molecule has 0 aliphatic rings. The maximum absolute atomic E-state index is 12.2. The largest absolute Gasteiger partial charge is 0.412 e. The summed E-state index contributed by atoms with van der Waals surface area (Å²) in [4.78, 5) is 55.2. The molecular weight excluding hydrogens is 719 g/mol. The molecule has 6 aromatic heterocycles. The lowest BCUT2D eigenvalue weighted by Crippen LogP contribution is -2.20. The minimum Gasteiger partial charge on any atom is -0.412 e. The van der Waals surface area contributed by atoms with E-state index in [9.17, 15) is 9.59 Å². The van der Waals surface area contributed by atoms with E-state index in [0.29, 0.717) is 72.1 Å². The number of aromatic nitrogens is 8. The molecule has 17 heteroatoms. The number of hydrogen-bond acceptors (Lipinski definition) is 12. The summed E-state index contributed by atoms with van der Waals surface area (Å²) in [6, 6.07) is 14.9. The number of aryl methyl sites for hydroxylation is 2. The molecule has 0 fully saturated rings. The highest BCUT2D eigenvalue weighted by Crippen LogP contribution is 2.11. The van der Waals surface area contributed by atoms with Gasteiger partial charge in [0.15, 0.2) is 0 Å². The SMILES string of the molecule is Cc1ccc(Cc2cnc(NCCNc3ccc(Cl)cn3)[nH]c2=O)cn1.Cc1ccc(Cc2cnc(NCCNc3ccc(Cl)cn3)[nH]c2=O)cn1.O. The van der Waals surface area contributed by atoms with Crippen LogP contribution >= 0.6 is 23.2 Å². The minimum absolute atomic E-state index is 0. The Balaban J connectivity index is 0.000000232. The van der Waals surface area contributed by atoms with Gasteiger partial charge >= 0.3 is 0 Å². The molecule has 0 aliphatic heterocycles. The Hall–Kier alpha value is -5.90. The van der Waals surface area contributed by atoms with Crippen molar-refractivity contribution in [2.24, 2.45) is 0 Å². The topological polar surface area (TPSA) is 223 Å². The first-order valence-electron chi connectivity index (χ1n) is 16.4. The van der Waals surface area contributed by atoms with Crippen LogP contribution in [0.1, 0.15) is 33.6 Å². The number of pyridine rings is 4. The van der Waals surface area contributed by atoms with Gasteiger partial charge in [-0.15, -0.1) is 0 Å². The van der Waals surface area contributed by atoms with E-state index < -0.39 is 0 Å². The third kappa shape index (κ3) is 13.3. The predicted molar refractivity (Wildman–Crippen MR) is 209 cm³/mol. The minimum atomic E-state index is -0.157. The molecule has 8 N–H and O–H groups in total. The second kappa shape index (κ2) is 20.2. The number of aromatic amines is 2. The highest BCUT2D eigenvalue weighted by Gasteiger charge is 2.06. The van der Waals surface area contributed by atoms with Gasteiger partial charge in [0.1, 0.15) is 11.6 Å². The van der Waals surface area contributed by atoms with Crippen molar-refractivity contribution in [2.75, 3.05) is 47.4 Å². The van der Waals surface area contributed by atoms with Crippen LogP contribution in [-0.2, 0) is 12.8 Å². The molecule has 0 saturated carbocycles. The number of nitrogens with zero attached hydrogens (tertiary/aromatic N) is 6. The lowest BCUT2D eigenvalue weighted by molar-refractivity contribution is 0.824. The molecule has 6 aromatic rings. The monoisotopic (exact) mass is 758 g/mol. The molecule has 6 rings (SSSR count). The van der Waals surface area contributed by atoms with Crippen LogP contribution in [0.15, 0.2) is 95.3 Å². The third-order valence-electron chi connectivity index (χ3n) is 7.38. The summed E-state index contributed by atoms with van der Waals surface area (Å²) in [6.45, 7) is 6.25. The highest BCUT2D eigenvalue weighted by atomic mass is 35.5. The number of rotatable bonds is 14. The summed E-state index contributed by atoms with van der Waals surface area (Å²) in [5.74, 6) is 2.35. The van der Waals surface area contributed by atoms with Crippen LogP contribution in [0.2, 0.25) is 10.0 Å². The standard InChI is InChI=1S/2C18H19ClN6O.H2O/c2*1-12-2-3-13(9-22-12)8-14-10-24-18(25-17(14)26)21-7-6-20-16-5-4-15(19)11-23-16;/h2*2-5,9-11H,6-8H2,1H3,(H,20,23)(H2,21,24,25,26);1H2. The summed E-state index contributed by atoms with van der Waals surface area (Å²) < 4.78 is 0. The Kier molecular flexibility index (Phi) is 15.2. The Morgan fingerprint density at radius 1 is 0.509 bits per heavy atom. The van der Waals surface area contributed by atoms with E-state index in [1.54, 1.807) is 61.4 Å². The van der Waals surface area contributed by atoms with Gasteiger partial charge in [-0.2, -0.15) is 0 Å². The van der Waals surface area contributed by atoms with Gasteiger partial charge in [-0.05, 0) is 61.4 Å². The molecule has 0 aromatic carbocycles. The normalized spacial score (nSPS) is 10.3. The molecule has 0 bridgehead atoms. The van der Waals surface area contributed by atoms with Crippen LogP contribution in [-0.4, -0.2) is 71.5 Å². The van der Waals surface area contributed by atoms with Gasteiger partial charge < -0.3 is 26.7 Å². The second-order valence-corrected chi connectivity index (χ2v) is 12.4. The van der Waals surface area contributed by atoms with Crippen molar-refractivity contribution in [3.8, 4) is 0 Å². The van der Waals surface area contributed by atoms with Crippen molar-refractivity contribution in [1.82, 2.24) is 39.9 Å². The molecule has 15 nitrogen and oxygen atoms in total. The predicted octanol–water partition coefficient (Wildman–Crippen LogP) is 4.45. The van der Waals surface area contributed by atoms with Crippen LogP contribution in [0.4, 0.5) is 23.5 Å². The first-order valence-corrected chi connectivity index (χ1v) is 17.1. The third-order valence-corrected chi connectivity index (χ3v) is 7.83. The number of halogens is 2. The van der Waals surface area contributed by atoms with E-state index in [1.807, 2.05) is 38.1 Å². The van der Waals surface area contributed by atoms with Crippen molar-refractivity contribution in [3.05, 3.63) is 150 Å². The van der Waals surface area contributed by atoms with E-state index >= 15 is 0 Å². The summed E-state index contributed by atoms with van der Waals surface area (Å²) in [7, 11) is 0. The molecular formula is C36H40Cl2N12O3. The molecule has 0 aliphatic carbocycles. The van der Waals surface area contributed by atoms with Crippen LogP contribution in [0, 0.1) is 13.8 Å². The van der Waals surface area contributed by atoms with Gasteiger partial charge in [0, 0.05) is 98.7 Å². The van der Waals surface area contributed by atoms with Gasteiger partial charge in [0.2, 0.25) is 11.9 Å². The summed E-state index contributed by atoms with van der Waals surface area (Å²) in [5.41, 5.74) is 4.73. The van der Waals surface area contributed by atoms with Crippen LogP contribution in [0.25, 0.3) is 0 Å². The summed E-state index contributed by atoms with van der Waals surface area (Å²) >= 11 is 11.6. The quantitative estimate of drug-likeness (QED) is 0.0849. The van der Waals surface area contributed by atoms with E-state index in [0.717, 1.165) is 34.2 Å². The average molecular weight is 760 g/mol. The maximum Gasteiger partial charge on any atom is 0.255 e. The lowest BCUT2D eigenvalue weighted by Gasteiger charge is -2.08. The molecule has 53 heavy (non-hydrogen) atoms. The molecule has 0 spiro atoms. The van der Waals surface area contributed by atoms with Crippen molar-refractivity contribution in [1.29, 1.82) is 0 Å². The van der Waals surface area contributed by atoms with E-state index in [4.69, 9.17) is 23.2 Å². The van der Waals surface area contributed by atoms with Crippen LogP contribution < -0.4 is 32.4 Å². The van der Waals surface area contributed by atoms with Crippen molar-refractivity contribution in [3.63, 3.8) is 0 Å². The number of anilines is 4. The fourth-order valence-electron chi connectivity index (χ4n) is 4.62. The molecule has 0 radical (unpaired) electrons. The van der Waals surface area contributed by atoms with Crippen molar-refractivity contribution < 1.29 is 5.48 Å². The van der Waals surface area contributed by atoms with Crippen molar-refractivity contribution >= 4 is 46.7 Å². The summed E-state index contributed by atoms with van der Waals surface area (Å²) in [5, 5.41) is 13.6. The van der Waals surface area contributed by atoms with Gasteiger partial charge in [-0.3, -0.25) is 29.5 Å². The first-order chi connectivity index (χ1) is 25.2. The fraction of sp³-hybridized carbons (Fsp3) is 0.222. The Bertz CT molecular complexity index is 1980. The zero-order chi connectivity index (χ0) is 36.7.